The first-order valence-corrected chi connectivity index (χ1v) is 9.13. The normalized spacial score (nSPS) is 11.4. The van der Waals surface area contributed by atoms with Gasteiger partial charge in [0, 0.05) is 5.69 Å². The predicted molar refractivity (Wildman–Crippen MR) is 90.9 cm³/mol. The third-order valence-corrected chi connectivity index (χ3v) is 4.15. The quantitative estimate of drug-likeness (QED) is 0.594. The summed E-state index contributed by atoms with van der Waals surface area (Å²) >= 11 is 0. The summed E-state index contributed by atoms with van der Waals surface area (Å²) in [5, 5.41) is 11.4. The molecule has 2 aromatic carbocycles. The minimum absolute atomic E-state index is 0.267. The van der Waals surface area contributed by atoms with Crippen molar-refractivity contribution >= 4 is 13.3 Å². The van der Waals surface area contributed by atoms with E-state index in [2.05, 4.69) is 15.6 Å². The lowest BCUT2D eigenvalue weighted by Crippen LogP contribution is -1.99. The Balaban J connectivity index is 1.65. The molecule has 0 atom stereocenters. The van der Waals surface area contributed by atoms with Crippen LogP contribution in [0.5, 0.6) is 0 Å². The van der Waals surface area contributed by atoms with Gasteiger partial charge in [-0.2, -0.15) is 0 Å². The molecular formula is C16H17N4O3P. The first kappa shape index (κ1) is 16.4. The molecule has 0 saturated heterocycles. The molecule has 1 heterocycles. The van der Waals surface area contributed by atoms with Crippen molar-refractivity contribution in [2.75, 3.05) is 5.32 Å². The van der Waals surface area contributed by atoms with Gasteiger partial charge in [0.2, 0.25) is 0 Å². The molecule has 0 amide bonds. The van der Waals surface area contributed by atoms with Crippen LogP contribution in [0.3, 0.4) is 0 Å². The number of anilines is 1. The average Bonchev–Trinajstić information content (AvgIpc) is 3.02. The van der Waals surface area contributed by atoms with Crippen LogP contribution >= 0.6 is 7.60 Å². The fourth-order valence-corrected chi connectivity index (χ4v) is 2.93. The van der Waals surface area contributed by atoms with Crippen LogP contribution in [-0.4, -0.2) is 24.8 Å². The van der Waals surface area contributed by atoms with Crippen LogP contribution in [0.15, 0.2) is 60.8 Å². The van der Waals surface area contributed by atoms with E-state index >= 15 is 0 Å². The minimum Gasteiger partial charge on any atom is -0.379 e. The highest BCUT2D eigenvalue weighted by Gasteiger charge is 2.13. The molecule has 7 nitrogen and oxygen atoms in total. The van der Waals surface area contributed by atoms with E-state index in [1.54, 1.807) is 28.9 Å². The molecule has 0 aliphatic rings. The molecule has 0 aliphatic heterocycles. The Hall–Kier alpha value is -2.47. The van der Waals surface area contributed by atoms with Crippen molar-refractivity contribution in [3.05, 3.63) is 72.1 Å². The highest BCUT2D eigenvalue weighted by Crippen LogP contribution is 2.38. The number of rotatable bonds is 6. The van der Waals surface area contributed by atoms with Gasteiger partial charge in [0.05, 0.1) is 24.6 Å². The van der Waals surface area contributed by atoms with Gasteiger partial charge in [0.15, 0.2) is 0 Å². The Labute approximate surface area is 139 Å². The van der Waals surface area contributed by atoms with Gasteiger partial charge in [0.25, 0.3) is 0 Å². The molecule has 0 fully saturated rings. The fourth-order valence-electron chi connectivity index (χ4n) is 2.25. The van der Waals surface area contributed by atoms with Gasteiger partial charge >= 0.3 is 7.60 Å². The summed E-state index contributed by atoms with van der Waals surface area (Å²) in [4.78, 5) is 18.0. The van der Waals surface area contributed by atoms with Crippen LogP contribution in [0, 0.1) is 0 Å². The average molecular weight is 344 g/mol. The minimum atomic E-state index is -4.05. The summed E-state index contributed by atoms with van der Waals surface area (Å²) < 4.78 is 12.6. The van der Waals surface area contributed by atoms with Crippen molar-refractivity contribution in [2.24, 2.45) is 0 Å². The van der Waals surface area contributed by atoms with Crippen LogP contribution in [0.1, 0.15) is 11.3 Å². The Kier molecular flexibility index (Phi) is 4.76. The lowest BCUT2D eigenvalue weighted by molar-refractivity contribution is 0.371. The van der Waals surface area contributed by atoms with E-state index < -0.39 is 7.60 Å². The first-order valence-electron chi connectivity index (χ1n) is 7.34. The molecule has 1 aromatic heterocycles. The third kappa shape index (κ3) is 4.52. The Morgan fingerprint density at radius 2 is 1.75 bits per heavy atom. The third-order valence-electron chi connectivity index (χ3n) is 3.38. The Bertz CT molecular complexity index is 843. The van der Waals surface area contributed by atoms with Crippen LogP contribution in [0.25, 0.3) is 5.69 Å². The SMILES string of the molecule is O=P(O)(O)Cc1ccc(-n2cc(CNc3ccccc3)nn2)cc1. The zero-order chi connectivity index (χ0) is 17.0. The van der Waals surface area contributed by atoms with Gasteiger partial charge < -0.3 is 15.1 Å². The molecule has 3 N–H and O–H groups in total. The molecular weight excluding hydrogens is 327 g/mol. The molecule has 0 radical (unpaired) electrons. The Morgan fingerprint density at radius 1 is 1.04 bits per heavy atom. The second-order valence-electron chi connectivity index (χ2n) is 5.36. The summed E-state index contributed by atoms with van der Waals surface area (Å²) in [6.45, 7) is 0.556. The van der Waals surface area contributed by atoms with Gasteiger partial charge in [-0.15, -0.1) is 5.10 Å². The number of para-hydroxylation sites is 1. The van der Waals surface area contributed by atoms with Crippen molar-refractivity contribution in [3.63, 3.8) is 0 Å². The van der Waals surface area contributed by atoms with Gasteiger partial charge in [-0.25, -0.2) is 4.68 Å². The van der Waals surface area contributed by atoms with E-state index in [0.717, 1.165) is 17.1 Å². The molecule has 24 heavy (non-hydrogen) atoms. The van der Waals surface area contributed by atoms with E-state index in [0.29, 0.717) is 12.1 Å². The number of aromatic nitrogens is 3. The first-order chi connectivity index (χ1) is 11.5. The van der Waals surface area contributed by atoms with E-state index in [1.165, 1.54) is 0 Å². The highest BCUT2D eigenvalue weighted by atomic mass is 31.2. The summed E-state index contributed by atoms with van der Waals surface area (Å²) in [5.74, 6) is 0. The van der Waals surface area contributed by atoms with Gasteiger partial charge in [-0.05, 0) is 29.8 Å². The second kappa shape index (κ2) is 6.97. The predicted octanol–water partition coefficient (Wildman–Crippen LogP) is 2.56. The zero-order valence-corrected chi connectivity index (χ0v) is 13.7. The molecule has 0 aliphatic carbocycles. The van der Waals surface area contributed by atoms with E-state index in [4.69, 9.17) is 9.79 Å². The maximum Gasteiger partial charge on any atom is 0.329 e. The molecule has 0 bridgehead atoms. The molecule has 0 saturated carbocycles. The molecule has 0 unspecified atom stereocenters. The smallest absolute Gasteiger partial charge is 0.329 e. The summed E-state index contributed by atoms with van der Waals surface area (Å²) in [6.07, 6.45) is 1.55. The molecule has 3 rings (SSSR count). The topological polar surface area (TPSA) is 100 Å². The molecule has 0 spiro atoms. The van der Waals surface area contributed by atoms with E-state index in [9.17, 15) is 4.57 Å². The van der Waals surface area contributed by atoms with Crippen LogP contribution in [0.4, 0.5) is 5.69 Å². The summed E-state index contributed by atoms with van der Waals surface area (Å²) in [7, 11) is -4.05. The lowest BCUT2D eigenvalue weighted by atomic mass is 10.2. The van der Waals surface area contributed by atoms with Gasteiger partial charge in [0.1, 0.15) is 5.69 Å². The second-order valence-corrected chi connectivity index (χ2v) is 7.01. The fraction of sp³-hybridized carbons (Fsp3) is 0.125. The maximum atomic E-state index is 11.0. The highest BCUT2D eigenvalue weighted by molar-refractivity contribution is 7.50. The number of nitrogens with one attached hydrogen (secondary N) is 1. The van der Waals surface area contributed by atoms with Gasteiger partial charge in [-0.1, -0.05) is 35.5 Å². The van der Waals surface area contributed by atoms with Crippen molar-refractivity contribution < 1.29 is 14.4 Å². The summed E-state index contributed by atoms with van der Waals surface area (Å²) in [6, 6.07) is 16.7. The monoisotopic (exact) mass is 344 g/mol. The standard InChI is InChI=1S/C16H17N4O3P/c21-24(22,23)12-13-6-8-16(9-7-13)20-11-15(18-19-20)10-17-14-4-2-1-3-5-14/h1-9,11,17H,10,12H2,(H2,21,22,23). The van der Waals surface area contributed by atoms with Crippen molar-refractivity contribution in [1.82, 2.24) is 15.0 Å². The number of hydrogen-bond acceptors (Lipinski definition) is 4. The van der Waals surface area contributed by atoms with Crippen LogP contribution < -0.4 is 5.32 Å². The van der Waals surface area contributed by atoms with Crippen molar-refractivity contribution in [2.45, 2.75) is 12.7 Å². The van der Waals surface area contributed by atoms with Crippen molar-refractivity contribution in [3.8, 4) is 5.69 Å². The number of benzene rings is 2. The molecule has 8 heteroatoms. The molecule has 3 aromatic rings. The largest absolute Gasteiger partial charge is 0.379 e. The molecule has 124 valence electrons. The van der Waals surface area contributed by atoms with E-state index in [1.807, 2.05) is 36.5 Å². The van der Waals surface area contributed by atoms with Crippen LogP contribution in [-0.2, 0) is 17.3 Å². The van der Waals surface area contributed by atoms with Crippen molar-refractivity contribution in [1.29, 1.82) is 0 Å². The maximum absolute atomic E-state index is 11.0. The Morgan fingerprint density at radius 3 is 2.42 bits per heavy atom. The number of hydrogen-bond donors (Lipinski definition) is 3. The van der Waals surface area contributed by atoms with Gasteiger partial charge in [-0.3, -0.25) is 4.57 Å². The van der Waals surface area contributed by atoms with Crippen LogP contribution in [0.2, 0.25) is 0 Å². The zero-order valence-electron chi connectivity index (χ0n) is 12.8. The number of nitrogens with zero attached hydrogens (tertiary/aromatic N) is 3. The van der Waals surface area contributed by atoms with E-state index in [-0.39, 0.29) is 6.16 Å². The lowest BCUT2D eigenvalue weighted by Gasteiger charge is -2.05. The summed E-state index contributed by atoms with van der Waals surface area (Å²) in [5.41, 5.74) is 3.16.